The lowest BCUT2D eigenvalue weighted by Crippen LogP contribution is -2.28. The maximum atomic E-state index is 13.3. The van der Waals surface area contributed by atoms with Crippen LogP contribution in [0.1, 0.15) is 54.1 Å². The summed E-state index contributed by atoms with van der Waals surface area (Å²) in [6.07, 6.45) is 0.786. The molecule has 0 aliphatic carbocycles. The normalized spacial score (nSPS) is 16.9. The van der Waals surface area contributed by atoms with Crippen molar-refractivity contribution < 1.29 is 18.7 Å². The van der Waals surface area contributed by atoms with Crippen LogP contribution in [0.2, 0.25) is 0 Å². The van der Waals surface area contributed by atoms with E-state index < -0.39 is 0 Å². The van der Waals surface area contributed by atoms with E-state index in [-0.39, 0.29) is 28.5 Å². The molecule has 154 valence electrons. The second kappa shape index (κ2) is 8.57. The summed E-state index contributed by atoms with van der Waals surface area (Å²) in [4.78, 5) is 26.7. The first-order chi connectivity index (χ1) is 13.7. The van der Waals surface area contributed by atoms with Crippen molar-refractivity contribution in [2.24, 2.45) is 5.41 Å². The summed E-state index contributed by atoms with van der Waals surface area (Å²) in [7, 11) is 0. The molecule has 6 heteroatoms. The lowest BCUT2D eigenvalue weighted by molar-refractivity contribution is -0.115. The summed E-state index contributed by atoms with van der Waals surface area (Å²) in [5.74, 6) is -0.313. The van der Waals surface area contributed by atoms with E-state index in [0.29, 0.717) is 17.9 Å². The van der Waals surface area contributed by atoms with E-state index in [9.17, 15) is 14.0 Å². The minimum Gasteiger partial charge on any atom is -0.462 e. The van der Waals surface area contributed by atoms with Crippen LogP contribution in [0.15, 0.2) is 42.5 Å². The fraction of sp³-hybridized carbons (Fsp3) is 0.391. The summed E-state index contributed by atoms with van der Waals surface area (Å²) in [5, 5.41) is -0.216. The minimum atomic E-state index is -0.360. The molecule has 0 saturated carbocycles. The van der Waals surface area contributed by atoms with Crippen LogP contribution in [0, 0.1) is 18.2 Å². The Morgan fingerprint density at radius 1 is 1.21 bits per heavy atom. The van der Waals surface area contributed by atoms with Gasteiger partial charge in [-0.15, -0.1) is 11.8 Å². The Morgan fingerprint density at radius 3 is 2.52 bits per heavy atom. The Bertz CT molecular complexity index is 905. The van der Waals surface area contributed by atoms with Crippen molar-refractivity contribution >= 4 is 29.3 Å². The molecule has 1 fully saturated rings. The summed E-state index contributed by atoms with van der Waals surface area (Å²) >= 11 is 1.51. The second-order valence-corrected chi connectivity index (χ2v) is 9.50. The van der Waals surface area contributed by atoms with Gasteiger partial charge in [-0.3, -0.25) is 9.69 Å². The van der Waals surface area contributed by atoms with Crippen LogP contribution < -0.4 is 4.90 Å². The van der Waals surface area contributed by atoms with Crippen molar-refractivity contribution in [2.45, 2.75) is 39.5 Å². The van der Waals surface area contributed by atoms with Crippen molar-refractivity contribution in [3.05, 3.63) is 65.0 Å². The molecule has 1 unspecified atom stereocenters. The van der Waals surface area contributed by atoms with Gasteiger partial charge in [0.15, 0.2) is 0 Å². The summed E-state index contributed by atoms with van der Waals surface area (Å²) in [6, 6.07) is 11.5. The highest BCUT2D eigenvalue weighted by molar-refractivity contribution is 8.00. The Kier molecular flexibility index (Phi) is 6.32. The average molecular weight is 416 g/mol. The highest BCUT2D eigenvalue weighted by Gasteiger charge is 2.35. The van der Waals surface area contributed by atoms with Gasteiger partial charge in [-0.2, -0.15) is 0 Å². The van der Waals surface area contributed by atoms with Gasteiger partial charge >= 0.3 is 5.97 Å². The quantitative estimate of drug-likeness (QED) is 0.605. The number of rotatable bonds is 5. The van der Waals surface area contributed by atoms with Gasteiger partial charge in [0.1, 0.15) is 11.2 Å². The number of thioether (sulfide) groups is 1. The van der Waals surface area contributed by atoms with Crippen LogP contribution in [0.5, 0.6) is 0 Å². The van der Waals surface area contributed by atoms with Gasteiger partial charge in [-0.05, 0) is 60.2 Å². The second-order valence-electron chi connectivity index (χ2n) is 8.43. The van der Waals surface area contributed by atoms with Gasteiger partial charge in [0.2, 0.25) is 5.91 Å². The predicted octanol–water partition coefficient (Wildman–Crippen LogP) is 5.51. The fourth-order valence-corrected chi connectivity index (χ4v) is 4.31. The van der Waals surface area contributed by atoms with Crippen molar-refractivity contribution in [1.29, 1.82) is 0 Å². The van der Waals surface area contributed by atoms with Gasteiger partial charge < -0.3 is 4.74 Å². The molecule has 1 aliphatic heterocycles. The molecule has 4 nitrogen and oxygen atoms in total. The molecule has 1 heterocycles. The van der Waals surface area contributed by atoms with Crippen LogP contribution in [-0.2, 0) is 9.53 Å². The zero-order valence-corrected chi connectivity index (χ0v) is 18.0. The minimum absolute atomic E-state index is 0.00655. The first-order valence-corrected chi connectivity index (χ1v) is 10.7. The van der Waals surface area contributed by atoms with Gasteiger partial charge in [-0.1, -0.05) is 32.9 Å². The number of ether oxygens (including phenoxy) is 1. The lowest BCUT2D eigenvalue weighted by atomic mass is 9.93. The lowest BCUT2D eigenvalue weighted by Gasteiger charge is -2.26. The smallest absolute Gasteiger partial charge is 0.338 e. The van der Waals surface area contributed by atoms with Gasteiger partial charge in [0.25, 0.3) is 0 Å². The van der Waals surface area contributed by atoms with Crippen LogP contribution >= 0.6 is 11.8 Å². The highest BCUT2D eigenvalue weighted by Crippen LogP contribution is 2.42. The number of nitrogens with zero attached hydrogens (tertiary/aromatic N) is 1. The fourth-order valence-electron chi connectivity index (χ4n) is 3.14. The average Bonchev–Trinajstić information content (AvgIpc) is 3.02. The van der Waals surface area contributed by atoms with Crippen molar-refractivity contribution in [3.63, 3.8) is 0 Å². The number of esters is 1. The Balaban J connectivity index is 1.78. The number of carbonyl (C=O) groups excluding carboxylic acids is 2. The molecule has 0 N–H and O–H groups in total. The van der Waals surface area contributed by atoms with Crippen LogP contribution in [0.25, 0.3) is 0 Å². The van der Waals surface area contributed by atoms with E-state index in [2.05, 4.69) is 20.8 Å². The third kappa shape index (κ3) is 5.18. The molecule has 29 heavy (non-hydrogen) atoms. The highest BCUT2D eigenvalue weighted by atomic mass is 32.2. The van der Waals surface area contributed by atoms with Crippen LogP contribution in [0.3, 0.4) is 0 Å². The van der Waals surface area contributed by atoms with Gasteiger partial charge in [0, 0.05) is 5.69 Å². The standard InChI is InChI=1S/C23H26FNO3S/c1-15-13-17(22(27)28-12-11-23(2,3)4)7-10-19(15)25-20(26)14-29-21(25)16-5-8-18(24)9-6-16/h5-10,13,21H,11-12,14H2,1-4H3. The number of anilines is 1. The Morgan fingerprint density at radius 2 is 1.90 bits per heavy atom. The van der Waals surface area contributed by atoms with E-state index in [1.807, 2.05) is 6.92 Å². The first-order valence-electron chi connectivity index (χ1n) is 9.63. The third-order valence-corrected chi connectivity index (χ3v) is 6.01. The number of hydrogen-bond acceptors (Lipinski definition) is 4. The van der Waals surface area contributed by atoms with E-state index in [1.54, 1.807) is 35.2 Å². The van der Waals surface area contributed by atoms with Crippen LogP contribution in [-0.4, -0.2) is 24.2 Å². The molecule has 1 aliphatic rings. The summed E-state index contributed by atoms with van der Waals surface area (Å²) in [6.45, 7) is 8.55. The zero-order valence-electron chi connectivity index (χ0n) is 17.2. The molecule has 0 radical (unpaired) electrons. The molecule has 1 amide bonds. The molecular formula is C23H26FNO3S. The predicted molar refractivity (Wildman–Crippen MR) is 115 cm³/mol. The van der Waals surface area contributed by atoms with Gasteiger partial charge in [0.05, 0.1) is 17.9 Å². The van der Waals surface area contributed by atoms with Crippen molar-refractivity contribution in [3.8, 4) is 0 Å². The number of carbonyl (C=O) groups is 2. The first kappa shape index (κ1) is 21.4. The molecule has 2 aromatic carbocycles. The topological polar surface area (TPSA) is 46.6 Å². The molecular weight excluding hydrogens is 389 g/mol. The van der Waals surface area contributed by atoms with E-state index in [0.717, 1.165) is 23.2 Å². The van der Waals surface area contributed by atoms with E-state index in [1.165, 1.54) is 23.9 Å². The molecule has 0 spiro atoms. The SMILES string of the molecule is Cc1cc(C(=O)OCCC(C)(C)C)ccc1N1C(=O)CSC1c1ccc(F)cc1. The number of benzene rings is 2. The third-order valence-electron chi connectivity index (χ3n) is 4.80. The molecule has 1 atom stereocenters. The largest absolute Gasteiger partial charge is 0.462 e. The molecule has 3 rings (SSSR count). The summed E-state index contributed by atoms with van der Waals surface area (Å²) in [5.41, 5.74) is 3.01. The van der Waals surface area contributed by atoms with Crippen LogP contribution in [0.4, 0.5) is 10.1 Å². The number of amides is 1. The Labute approximate surface area is 175 Å². The maximum Gasteiger partial charge on any atom is 0.338 e. The monoisotopic (exact) mass is 415 g/mol. The zero-order chi connectivity index (χ0) is 21.2. The Hall–Kier alpha value is -2.34. The number of hydrogen-bond donors (Lipinski definition) is 0. The molecule has 0 bridgehead atoms. The molecule has 1 saturated heterocycles. The van der Waals surface area contributed by atoms with E-state index in [4.69, 9.17) is 4.74 Å². The van der Waals surface area contributed by atoms with Crippen molar-refractivity contribution in [1.82, 2.24) is 0 Å². The number of aryl methyl sites for hydroxylation is 1. The molecule has 0 aromatic heterocycles. The summed E-state index contributed by atoms with van der Waals surface area (Å²) < 4.78 is 18.7. The van der Waals surface area contributed by atoms with E-state index >= 15 is 0 Å². The van der Waals surface area contributed by atoms with Gasteiger partial charge in [-0.25, -0.2) is 9.18 Å². The number of halogens is 1. The van der Waals surface area contributed by atoms with Crippen molar-refractivity contribution in [2.75, 3.05) is 17.3 Å². The molecule has 2 aromatic rings. The maximum absolute atomic E-state index is 13.3.